The number of urea groups is 1. The zero-order valence-electron chi connectivity index (χ0n) is 20.8. The number of nitrogens with one attached hydrogen (secondary N) is 2. The van der Waals surface area contributed by atoms with Crippen molar-refractivity contribution in [2.75, 3.05) is 45.2 Å². The number of hydrogen-bond acceptors (Lipinski definition) is 7. The molecule has 11 nitrogen and oxygen atoms in total. The Kier molecular flexibility index (Phi) is 8.87. The Bertz CT molecular complexity index is 1270. The summed E-state index contributed by atoms with van der Waals surface area (Å²) < 4.78 is 38.3. The number of esters is 1. The number of benzene rings is 2. The van der Waals surface area contributed by atoms with E-state index in [0.717, 1.165) is 17.1 Å². The van der Waals surface area contributed by atoms with Gasteiger partial charge in [-0.05, 0) is 61.4 Å². The van der Waals surface area contributed by atoms with E-state index in [0.29, 0.717) is 22.9 Å². The Morgan fingerprint density at radius 2 is 1.79 bits per heavy atom. The Labute approximate surface area is 226 Å². The lowest BCUT2D eigenvalue weighted by molar-refractivity contribution is -0.126. The standard InChI is InChI=1S/C25H29ClN4O7S/c1-36-24(32)17-4-8-19(9-5-17)28-25(33)29-12-13-30(38(34,35)21-10-6-18(26)7-11-21)22(16-29)23(31)27-15-20-3-2-14-37-20/h4-11,20,22H,2-3,12-16H2,1H3,(H,27,31)(H,28,33). The monoisotopic (exact) mass is 564 g/mol. The van der Waals surface area contributed by atoms with Crippen LogP contribution in [0.4, 0.5) is 10.5 Å². The van der Waals surface area contributed by atoms with E-state index >= 15 is 0 Å². The quantitative estimate of drug-likeness (QED) is 0.493. The molecule has 204 valence electrons. The van der Waals surface area contributed by atoms with Crippen LogP contribution in [0, 0.1) is 0 Å². The smallest absolute Gasteiger partial charge is 0.337 e. The molecule has 2 aromatic carbocycles. The van der Waals surface area contributed by atoms with E-state index in [4.69, 9.17) is 16.3 Å². The van der Waals surface area contributed by atoms with E-state index in [2.05, 4.69) is 15.4 Å². The van der Waals surface area contributed by atoms with Gasteiger partial charge in [-0.1, -0.05) is 11.6 Å². The van der Waals surface area contributed by atoms with Crippen LogP contribution in [0.2, 0.25) is 5.02 Å². The van der Waals surface area contributed by atoms with Gasteiger partial charge >= 0.3 is 12.0 Å². The minimum Gasteiger partial charge on any atom is -0.465 e. The third-order valence-electron chi connectivity index (χ3n) is 6.43. The predicted molar refractivity (Wildman–Crippen MR) is 139 cm³/mol. The van der Waals surface area contributed by atoms with Crippen LogP contribution in [0.5, 0.6) is 0 Å². The predicted octanol–water partition coefficient (Wildman–Crippen LogP) is 2.33. The first-order valence-electron chi connectivity index (χ1n) is 12.1. The van der Waals surface area contributed by atoms with Crippen molar-refractivity contribution in [3.05, 3.63) is 59.1 Å². The maximum atomic E-state index is 13.5. The van der Waals surface area contributed by atoms with Crippen molar-refractivity contribution in [1.29, 1.82) is 0 Å². The summed E-state index contributed by atoms with van der Waals surface area (Å²) in [7, 11) is -2.78. The summed E-state index contributed by atoms with van der Waals surface area (Å²) in [6.07, 6.45) is 1.58. The van der Waals surface area contributed by atoms with E-state index in [1.54, 1.807) is 12.1 Å². The highest BCUT2D eigenvalue weighted by Gasteiger charge is 2.41. The highest BCUT2D eigenvalue weighted by Crippen LogP contribution is 2.24. The highest BCUT2D eigenvalue weighted by molar-refractivity contribution is 7.89. The van der Waals surface area contributed by atoms with Crippen molar-refractivity contribution in [3.63, 3.8) is 0 Å². The molecule has 2 N–H and O–H groups in total. The molecule has 0 aliphatic carbocycles. The summed E-state index contributed by atoms with van der Waals surface area (Å²) in [5, 5.41) is 5.90. The van der Waals surface area contributed by atoms with Crippen LogP contribution in [-0.2, 0) is 24.3 Å². The van der Waals surface area contributed by atoms with Gasteiger partial charge in [-0.3, -0.25) is 4.79 Å². The average molecular weight is 565 g/mol. The molecule has 0 radical (unpaired) electrons. The van der Waals surface area contributed by atoms with Crippen LogP contribution in [0.3, 0.4) is 0 Å². The van der Waals surface area contributed by atoms with Gasteiger partial charge in [0.05, 0.1) is 23.7 Å². The largest absolute Gasteiger partial charge is 0.465 e. The number of halogens is 1. The van der Waals surface area contributed by atoms with Gasteiger partial charge < -0.3 is 25.0 Å². The van der Waals surface area contributed by atoms with E-state index in [1.807, 2.05) is 0 Å². The Morgan fingerprint density at radius 3 is 2.42 bits per heavy atom. The summed E-state index contributed by atoms with van der Waals surface area (Å²) in [4.78, 5) is 39.3. The molecule has 38 heavy (non-hydrogen) atoms. The van der Waals surface area contributed by atoms with Crippen molar-refractivity contribution in [3.8, 4) is 0 Å². The highest BCUT2D eigenvalue weighted by atomic mass is 35.5. The van der Waals surface area contributed by atoms with Crippen molar-refractivity contribution >= 4 is 45.2 Å². The van der Waals surface area contributed by atoms with Gasteiger partial charge in [0.2, 0.25) is 15.9 Å². The van der Waals surface area contributed by atoms with E-state index in [-0.39, 0.29) is 37.2 Å². The third-order valence-corrected chi connectivity index (χ3v) is 8.60. The lowest BCUT2D eigenvalue weighted by atomic mass is 10.2. The first-order chi connectivity index (χ1) is 18.2. The first kappa shape index (κ1) is 27.8. The van der Waals surface area contributed by atoms with Crippen LogP contribution in [0.25, 0.3) is 0 Å². The van der Waals surface area contributed by atoms with Crippen LogP contribution in [0.1, 0.15) is 23.2 Å². The molecule has 0 spiro atoms. The molecule has 2 saturated heterocycles. The number of amides is 3. The lowest BCUT2D eigenvalue weighted by Gasteiger charge is -2.39. The molecule has 2 aliphatic rings. The van der Waals surface area contributed by atoms with Crippen LogP contribution in [-0.4, -0.2) is 87.6 Å². The van der Waals surface area contributed by atoms with E-state index in [9.17, 15) is 22.8 Å². The van der Waals surface area contributed by atoms with Gasteiger partial charge in [0.1, 0.15) is 6.04 Å². The average Bonchev–Trinajstić information content (AvgIpc) is 3.45. The topological polar surface area (TPSA) is 134 Å². The molecule has 0 saturated carbocycles. The van der Waals surface area contributed by atoms with Gasteiger partial charge in [-0.2, -0.15) is 4.31 Å². The number of methoxy groups -OCH3 is 1. The zero-order chi connectivity index (χ0) is 27.3. The number of hydrogen-bond donors (Lipinski definition) is 2. The SMILES string of the molecule is COC(=O)c1ccc(NC(=O)N2CCN(S(=O)(=O)c3ccc(Cl)cc3)C(C(=O)NCC3CCCO3)C2)cc1. The molecule has 2 heterocycles. The summed E-state index contributed by atoms with van der Waals surface area (Å²) in [5.74, 6) is -1.02. The number of ether oxygens (including phenoxy) is 2. The summed E-state index contributed by atoms with van der Waals surface area (Å²) in [5.41, 5.74) is 0.757. The van der Waals surface area contributed by atoms with Gasteiger partial charge in [0.15, 0.2) is 0 Å². The molecule has 2 fully saturated rings. The second kappa shape index (κ2) is 12.1. The lowest BCUT2D eigenvalue weighted by Crippen LogP contribution is -2.62. The number of piperazine rings is 1. The Morgan fingerprint density at radius 1 is 1.08 bits per heavy atom. The van der Waals surface area contributed by atoms with Crippen LogP contribution in [0.15, 0.2) is 53.4 Å². The molecular formula is C25H29ClN4O7S. The molecule has 3 amide bonds. The van der Waals surface area contributed by atoms with Gasteiger partial charge in [-0.15, -0.1) is 0 Å². The van der Waals surface area contributed by atoms with Crippen LogP contribution >= 0.6 is 11.6 Å². The number of carbonyl (C=O) groups is 3. The molecule has 2 aromatic rings. The molecule has 0 bridgehead atoms. The van der Waals surface area contributed by atoms with Crippen molar-refractivity contribution in [2.24, 2.45) is 0 Å². The summed E-state index contributed by atoms with van der Waals surface area (Å²) in [6, 6.07) is 10.2. The number of rotatable bonds is 7. The molecule has 2 unspecified atom stereocenters. The molecule has 4 rings (SSSR count). The number of anilines is 1. The van der Waals surface area contributed by atoms with Gasteiger partial charge in [-0.25, -0.2) is 18.0 Å². The second-order valence-electron chi connectivity index (χ2n) is 8.91. The third kappa shape index (κ3) is 6.44. The number of sulfonamides is 1. The minimum absolute atomic E-state index is 0.00224. The van der Waals surface area contributed by atoms with Crippen molar-refractivity contribution in [1.82, 2.24) is 14.5 Å². The number of nitrogens with zero attached hydrogens (tertiary/aromatic N) is 2. The Balaban J connectivity index is 1.50. The maximum absolute atomic E-state index is 13.5. The van der Waals surface area contributed by atoms with E-state index in [1.165, 1.54) is 48.4 Å². The van der Waals surface area contributed by atoms with Gasteiger partial charge in [0.25, 0.3) is 0 Å². The fourth-order valence-electron chi connectivity index (χ4n) is 4.34. The normalized spacial score (nSPS) is 20.1. The first-order valence-corrected chi connectivity index (χ1v) is 13.9. The second-order valence-corrected chi connectivity index (χ2v) is 11.2. The fraction of sp³-hybridized carbons (Fsp3) is 0.400. The van der Waals surface area contributed by atoms with Gasteiger partial charge in [0, 0.05) is 43.5 Å². The van der Waals surface area contributed by atoms with Crippen molar-refractivity contribution in [2.45, 2.75) is 29.9 Å². The summed E-state index contributed by atoms with van der Waals surface area (Å²) in [6.45, 7) is 0.695. The zero-order valence-corrected chi connectivity index (χ0v) is 22.3. The Hall–Kier alpha value is -3.19. The molecular weight excluding hydrogens is 536 g/mol. The summed E-state index contributed by atoms with van der Waals surface area (Å²) >= 11 is 5.92. The maximum Gasteiger partial charge on any atom is 0.337 e. The fourth-order valence-corrected chi connectivity index (χ4v) is 6.04. The molecule has 2 aliphatic heterocycles. The van der Waals surface area contributed by atoms with Crippen molar-refractivity contribution < 1.29 is 32.3 Å². The molecule has 0 aromatic heterocycles. The van der Waals surface area contributed by atoms with Crippen LogP contribution < -0.4 is 10.6 Å². The molecule has 13 heteroatoms. The minimum atomic E-state index is -4.05. The van der Waals surface area contributed by atoms with E-state index < -0.39 is 34.0 Å². The molecule has 2 atom stereocenters. The number of carbonyl (C=O) groups excluding carboxylic acids is 3.